The number of carbonyl (C=O) groups is 1. The highest BCUT2D eigenvalue weighted by Crippen LogP contribution is 2.31. The summed E-state index contributed by atoms with van der Waals surface area (Å²) in [5.41, 5.74) is 3.05. The van der Waals surface area contributed by atoms with Gasteiger partial charge in [0, 0.05) is 21.3 Å². The Morgan fingerprint density at radius 3 is 2.74 bits per heavy atom. The Morgan fingerprint density at radius 2 is 1.78 bits per heavy atom. The van der Waals surface area contributed by atoms with E-state index < -0.39 is 0 Å². The van der Waals surface area contributed by atoms with E-state index in [1.807, 2.05) is 29.6 Å². The van der Waals surface area contributed by atoms with Gasteiger partial charge in [0.15, 0.2) is 0 Å². The maximum atomic E-state index is 12.8. The van der Waals surface area contributed by atoms with E-state index in [0.29, 0.717) is 0 Å². The summed E-state index contributed by atoms with van der Waals surface area (Å²) in [5, 5.41) is 7.40. The molecule has 0 unspecified atom stereocenters. The molecule has 1 heterocycles. The molecule has 1 aromatic heterocycles. The van der Waals surface area contributed by atoms with Gasteiger partial charge >= 0.3 is 0 Å². The van der Waals surface area contributed by atoms with E-state index in [4.69, 9.17) is 0 Å². The standard InChI is InChI=1S/C20H19NOS/c22-20(17-13-23-19-12-3-1-2-10-16(17)19)21-18-11-6-8-14-7-4-5-9-15(14)18/h4-9,11,13H,1-3,10,12H2,(H,21,22). The largest absolute Gasteiger partial charge is 0.321 e. The molecule has 1 aliphatic rings. The van der Waals surface area contributed by atoms with Gasteiger partial charge < -0.3 is 5.32 Å². The topological polar surface area (TPSA) is 29.1 Å². The van der Waals surface area contributed by atoms with Crippen LogP contribution in [0, 0.1) is 0 Å². The summed E-state index contributed by atoms with van der Waals surface area (Å²) >= 11 is 1.75. The van der Waals surface area contributed by atoms with Crippen LogP contribution in [-0.2, 0) is 12.8 Å². The van der Waals surface area contributed by atoms with Crippen LogP contribution in [0.2, 0.25) is 0 Å². The minimum Gasteiger partial charge on any atom is -0.321 e. The van der Waals surface area contributed by atoms with Crippen molar-refractivity contribution in [3.05, 3.63) is 63.8 Å². The number of carbonyl (C=O) groups excluding carboxylic acids is 1. The Hall–Kier alpha value is -2.13. The van der Waals surface area contributed by atoms with Crippen molar-refractivity contribution in [1.29, 1.82) is 0 Å². The Bertz CT molecular complexity index is 860. The lowest BCUT2D eigenvalue weighted by molar-refractivity contribution is 0.102. The van der Waals surface area contributed by atoms with Crippen LogP contribution in [0.25, 0.3) is 10.8 Å². The number of aryl methyl sites for hydroxylation is 1. The summed E-state index contributed by atoms with van der Waals surface area (Å²) in [7, 11) is 0. The van der Waals surface area contributed by atoms with E-state index in [1.165, 1.54) is 29.7 Å². The molecule has 1 N–H and O–H groups in total. The summed E-state index contributed by atoms with van der Waals surface area (Å²) in [5.74, 6) is 0.0285. The SMILES string of the molecule is O=C(Nc1cccc2ccccc12)c1csc2c1CCCCC2. The molecule has 23 heavy (non-hydrogen) atoms. The first-order valence-electron chi connectivity index (χ1n) is 8.21. The van der Waals surface area contributed by atoms with Crippen molar-refractivity contribution in [2.75, 3.05) is 5.32 Å². The fourth-order valence-corrected chi connectivity index (χ4v) is 4.51. The van der Waals surface area contributed by atoms with Gasteiger partial charge in [0.05, 0.1) is 5.56 Å². The number of hydrogen-bond acceptors (Lipinski definition) is 2. The molecular formula is C20H19NOS. The van der Waals surface area contributed by atoms with Gasteiger partial charge in [-0.05, 0) is 42.7 Å². The predicted molar refractivity (Wildman–Crippen MR) is 97.5 cm³/mol. The molecule has 4 rings (SSSR count). The molecule has 0 saturated heterocycles. The van der Waals surface area contributed by atoms with E-state index >= 15 is 0 Å². The van der Waals surface area contributed by atoms with Crippen molar-refractivity contribution in [3.63, 3.8) is 0 Å². The van der Waals surface area contributed by atoms with Crippen LogP contribution in [0.4, 0.5) is 5.69 Å². The van der Waals surface area contributed by atoms with Gasteiger partial charge in [-0.2, -0.15) is 0 Å². The number of rotatable bonds is 2. The van der Waals surface area contributed by atoms with E-state index in [0.717, 1.165) is 34.9 Å². The van der Waals surface area contributed by atoms with Gasteiger partial charge in [0.1, 0.15) is 0 Å². The molecule has 0 atom stereocenters. The lowest BCUT2D eigenvalue weighted by Gasteiger charge is -2.09. The van der Waals surface area contributed by atoms with Gasteiger partial charge in [0.25, 0.3) is 5.91 Å². The molecule has 0 fully saturated rings. The molecule has 1 amide bonds. The average Bonchev–Trinajstić information content (AvgIpc) is 2.84. The van der Waals surface area contributed by atoms with Crippen LogP contribution in [0.15, 0.2) is 47.8 Å². The van der Waals surface area contributed by atoms with Crippen LogP contribution < -0.4 is 5.32 Å². The third-order valence-electron chi connectivity index (χ3n) is 4.59. The first-order chi connectivity index (χ1) is 11.3. The zero-order chi connectivity index (χ0) is 15.6. The van der Waals surface area contributed by atoms with Gasteiger partial charge in [-0.3, -0.25) is 4.79 Å². The van der Waals surface area contributed by atoms with Crippen LogP contribution >= 0.6 is 11.3 Å². The molecule has 0 saturated carbocycles. The van der Waals surface area contributed by atoms with Crippen molar-refractivity contribution in [2.24, 2.45) is 0 Å². The number of anilines is 1. The van der Waals surface area contributed by atoms with Crippen molar-refractivity contribution in [3.8, 4) is 0 Å². The maximum Gasteiger partial charge on any atom is 0.256 e. The minimum absolute atomic E-state index is 0.0285. The van der Waals surface area contributed by atoms with E-state index in [2.05, 4.69) is 23.5 Å². The molecule has 116 valence electrons. The third-order valence-corrected chi connectivity index (χ3v) is 5.68. The third kappa shape index (κ3) is 2.77. The van der Waals surface area contributed by atoms with Gasteiger partial charge in [-0.1, -0.05) is 42.8 Å². The summed E-state index contributed by atoms with van der Waals surface area (Å²) < 4.78 is 0. The molecule has 3 heteroatoms. The normalized spacial score (nSPS) is 14.3. The summed E-state index contributed by atoms with van der Waals surface area (Å²) in [6.45, 7) is 0. The molecular weight excluding hydrogens is 302 g/mol. The molecule has 0 aliphatic heterocycles. The molecule has 0 spiro atoms. The first kappa shape index (κ1) is 14.5. The summed E-state index contributed by atoms with van der Waals surface area (Å²) in [6, 6.07) is 14.2. The second-order valence-corrected chi connectivity index (χ2v) is 7.06. The minimum atomic E-state index is 0.0285. The fraction of sp³-hybridized carbons (Fsp3) is 0.250. The Labute approximate surface area is 140 Å². The first-order valence-corrected chi connectivity index (χ1v) is 9.09. The Morgan fingerprint density at radius 1 is 0.957 bits per heavy atom. The smallest absolute Gasteiger partial charge is 0.256 e. The van der Waals surface area contributed by atoms with Crippen LogP contribution in [0.3, 0.4) is 0 Å². The molecule has 0 radical (unpaired) electrons. The lowest BCUT2D eigenvalue weighted by atomic mass is 10.0. The molecule has 2 aromatic carbocycles. The number of thiophene rings is 1. The molecule has 3 aromatic rings. The fourth-order valence-electron chi connectivity index (χ4n) is 3.39. The molecule has 0 bridgehead atoms. The Balaban J connectivity index is 1.66. The molecule has 1 aliphatic carbocycles. The second kappa shape index (κ2) is 6.17. The van der Waals surface area contributed by atoms with Gasteiger partial charge in [0.2, 0.25) is 0 Å². The maximum absolute atomic E-state index is 12.8. The van der Waals surface area contributed by atoms with Crippen molar-refractivity contribution in [2.45, 2.75) is 32.1 Å². The van der Waals surface area contributed by atoms with Crippen molar-refractivity contribution < 1.29 is 4.79 Å². The summed E-state index contributed by atoms with van der Waals surface area (Å²) in [6.07, 6.45) is 5.88. The highest BCUT2D eigenvalue weighted by atomic mass is 32.1. The number of fused-ring (bicyclic) bond motifs is 2. The number of hydrogen-bond donors (Lipinski definition) is 1. The second-order valence-electron chi connectivity index (χ2n) is 6.09. The molecule has 2 nitrogen and oxygen atoms in total. The number of nitrogens with one attached hydrogen (secondary N) is 1. The van der Waals surface area contributed by atoms with Crippen LogP contribution in [0.5, 0.6) is 0 Å². The van der Waals surface area contributed by atoms with E-state index in [9.17, 15) is 4.79 Å². The van der Waals surface area contributed by atoms with Crippen molar-refractivity contribution >= 4 is 33.7 Å². The van der Waals surface area contributed by atoms with E-state index in [1.54, 1.807) is 11.3 Å². The van der Waals surface area contributed by atoms with Gasteiger partial charge in [-0.25, -0.2) is 0 Å². The van der Waals surface area contributed by atoms with Crippen molar-refractivity contribution in [1.82, 2.24) is 0 Å². The van der Waals surface area contributed by atoms with Crippen LogP contribution in [-0.4, -0.2) is 5.91 Å². The highest BCUT2D eigenvalue weighted by molar-refractivity contribution is 7.10. The number of amides is 1. The summed E-state index contributed by atoms with van der Waals surface area (Å²) in [4.78, 5) is 14.2. The monoisotopic (exact) mass is 321 g/mol. The van der Waals surface area contributed by atoms with Gasteiger partial charge in [-0.15, -0.1) is 11.3 Å². The lowest BCUT2D eigenvalue weighted by Crippen LogP contribution is -2.13. The van der Waals surface area contributed by atoms with Crippen LogP contribution in [0.1, 0.15) is 40.1 Å². The predicted octanol–water partition coefficient (Wildman–Crippen LogP) is 5.42. The quantitative estimate of drug-likeness (QED) is 0.627. The Kier molecular flexibility index (Phi) is 3.88. The van der Waals surface area contributed by atoms with E-state index in [-0.39, 0.29) is 5.91 Å². The highest BCUT2D eigenvalue weighted by Gasteiger charge is 2.19. The zero-order valence-electron chi connectivity index (χ0n) is 13.0. The zero-order valence-corrected chi connectivity index (χ0v) is 13.8. The average molecular weight is 321 g/mol. The number of benzene rings is 2.